The maximum atomic E-state index is 13.1. The normalized spacial score (nSPS) is 20.3. The number of carbonyl (C=O) groups excluding carboxylic acids is 1. The molecule has 1 N–H and O–H groups in total. The minimum absolute atomic E-state index is 0.131. The minimum Gasteiger partial charge on any atom is -0.337 e. The summed E-state index contributed by atoms with van der Waals surface area (Å²) in [7, 11) is 0. The predicted molar refractivity (Wildman–Crippen MR) is 105 cm³/mol. The highest BCUT2D eigenvalue weighted by Crippen LogP contribution is 2.27. The maximum Gasteiger partial charge on any atom is 0.274 e. The molecule has 0 aromatic carbocycles. The summed E-state index contributed by atoms with van der Waals surface area (Å²) in [5.41, 5.74) is 3.11. The van der Waals surface area contributed by atoms with E-state index in [0.29, 0.717) is 24.2 Å². The number of rotatable bonds is 7. The van der Waals surface area contributed by atoms with E-state index in [9.17, 15) is 4.79 Å². The summed E-state index contributed by atoms with van der Waals surface area (Å²) in [5.74, 6) is 0.847. The topological polar surface area (TPSA) is 50.2 Å². The molecule has 0 bridgehead atoms. The van der Waals surface area contributed by atoms with Gasteiger partial charge in [0.2, 0.25) is 0 Å². The van der Waals surface area contributed by atoms with Crippen molar-refractivity contribution in [2.75, 3.05) is 19.6 Å². The van der Waals surface area contributed by atoms with Gasteiger partial charge in [-0.15, -0.1) is 6.58 Å². The first kappa shape index (κ1) is 19.2. The molecular formula is C21H34N4O. The zero-order valence-corrected chi connectivity index (χ0v) is 16.5. The lowest BCUT2D eigenvalue weighted by Crippen LogP contribution is -2.38. The fourth-order valence-corrected chi connectivity index (χ4v) is 4.13. The van der Waals surface area contributed by atoms with Crippen molar-refractivity contribution >= 4 is 5.91 Å². The zero-order chi connectivity index (χ0) is 18.5. The lowest BCUT2D eigenvalue weighted by molar-refractivity contribution is 0.0716. The molecule has 0 saturated carbocycles. The first-order valence-electron chi connectivity index (χ1n) is 10.3. The smallest absolute Gasteiger partial charge is 0.274 e. The SMILES string of the molecule is C=CCn1nc(C(=O)N2CCCCC2)c2c1CCC(NCCC(C)C)C2. The molecule has 1 saturated heterocycles. The molecule has 1 amide bonds. The van der Waals surface area contributed by atoms with Gasteiger partial charge in [0.25, 0.3) is 5.91 Å². The first-order chi connectivity index (χ1) is 12.6. The average molecular weight is 359 g/mol. The van der Waals surface area contributed by atoms with E-state index in [-0.39, 0.29) is 5.91 Å². The lowest BCUT2D eigenvalue weighted by atomic mass is 9.90. The van der Waals surface area contributed by atoms with Crippen molar-refractivity contribution < 1.29 is 4.79 Å². The Kier molecular flexibility index (Phi) is 6.52. The standard InChI is InChI=1S/C21H34N4O/c1-4-12-25-19-9-8-17(22-11-10-16(2)3)15-18(19)20(23-25)21(26)24-13-6-5-7-14-24/h4,16-17,22H,1,5-15H2,2-3H3. The summed E-state index contributed by atoms with van der Waals surface area (Å²) >= 11 is 0. The molecule has 1 atom stereocenters. The van der Waals surface area contributed by atoms with Gasteiger partial charge in [0.1, 0.15) is 0 Å². The highest BCUT2D eigenvalue weighted by molar-refractivity contribution is 5.94. The molecule has 2 aliphatic rings. The number of nitrogens with zero attached hydrogens (tertiary/aromatic N) is 3. The molecule has 1 aromatic heterocycles. The van der Waals surface area contributed by atoms with Crippen LogP contribution in [0.15, 0.2) is 12.7 Å². The monoisotopic (exact) mass is 358 g/mol. The molecule has 0 spiro atoms. The second-order valence-electron chi connectivity index (χ2n) is 8.17. The van der Waals surface area contributed by atoms with Crippen LogP contribution in [-0.4, -0.2) is 46.3 Å². The van der Waals surface area contributed by atoms with Gasteiger partial charge in [0.15, 0.2) is 5.69 Å². The Balaban J connectivity index is 1.77. The van der Waals surface area contributed by atoms with Gasteiger partial charge in [-0.25, -0.2) is 0 Å². The van der Waals surface area contributed by atoms with Crippen LogP contribution >= 0.6 is 0 Å². The van der Waals surface area contributed by atoms with Gasteiger partial charge in [-0.05, 0) is 57.4 Å². The van der Waals surface area contributed by atoms with Gasteiger partial charge in [-0.1, -0.05) is 19.9 Å². The van der Waals surface area contributed by atoms with E-state index in [4.69, 9.17) is 5.10 Å². The largest absolute Gasteiger partial charge is 0.337 e. The Bertz CT molecular complexity index is 628. The number of amides is 1. The van der Waals surface area contributed by atoms with Crippen molar-refractivity contribution in [3.8, 4) is 0 Å². The molecule has 1 fully saturated rings. The van der Waals surface area contributed by atoms with Crippen molar-refractivity contribution in [1.82, 2.24) is 20.0 Å². The second-order valence-corrected chi connectivity index (χ2v) is 8.17. The molecule has 3 rings (SSSR count). The number of fused-ring (bicyclic) bond motifs is 1. The van der Waals surface area contributed by atoms with Crippen LogP contribution in [0.2, 0.25) is 0 Å². The van der Waals surface area contributed by atoms with Gasteiger partial charge in [0, 0.05) is 30.4 Å². The van der Waals surface area contributed by atoms with Crippen molar-refractivity contribution in [3.05, 3.63) is 29.6 Å². The van der Waals surface area contributed by atoms with Gasteiger partial charge in [-0.3, -0.25) is 9.48 Å². The minimum atomic E-state index is 0.131. The molecule has 26 heavy (non-hydrogen) atoms. The molecule has 144 valence electrons. The van der Waals surface area contributed by atoms with Crippen LogP contribution in [0.25, 0.3) is 0 Å². The van der Waals surface area contributed by atoms with Gasteiger partial charge >= 0.3 is 0 Å². The Hall–Kier alpha value is -1.62. The molecular weight excluding hydrogens is 324 g/mol. The number of aromatic nitrogens is 2. The van der Waals surface area contributed by atoms with Crippen LogP contribution < -0.4 is 5.32 Å². The number of piperidine rings is 1. The summed E-state index contributed by atoms with van der Waals surface area (Å²) in [4.78, 5) is 15.1. The molecule has 1 aromatic rings. The van der Waals surface area contributed by atoms with Crippen LogP contribution in [-0.2, 0) is 19.4 Å². The molecule has 5 heteroatoms. The molecule has 2 heterocycles. The summed E-state index contributed by atoms with van der Waals surface area (Å²) in [5, 5.41) is 8.42. The van der Waals surface area contributed by atoms with E-state index in [1.165, 1.54) is 24.1 Å². The van der Waals surface area contributed by atoms with E-state index in [2.05, 4.69) is 25.7 Å². The number of hydrogen-bond acceptors (Lipinski definition) is 3. The third-order valence-electron chi connectivity index (χ3n) is 5.65. The fraction of sp³-hybridized carbons (Fsp3) is 0.714. The summed E-state index contributed by atoms with van der Waals surface area (Å²) < 4.78 is 2.00. The van der Waals surface area contributed by atoms with E-state index < -0.39 is 0 Å². The van der Waals surface area contributed by atoms with Crippen LogP contribution in [0.1, 0.15) is 67.7 Å². The Morgan fingerprint density at radius 2 is 2.12 bits per heavy atom. The highest BCUT2D eigenvalue weighted by Gasteiger charge is 2.31. The van der Waals surface area contributed by atoms with Crippen LogP contribution in [0.5, 0.6) is 0 Å². The van der Waals surface area contributed by atoms with Crippen LogP contribution in [0, 0.1) is 5.92 Å². The number of nitrogens with one attached hydrogen (secondary N) is 1. The third kappa shape index (κ3) is 4.37. The van der Waals surface area contributed by atoms with Crippen molar-refractivity contribution in [3.63, 3.8) is 0 Å². The predicted octanol–water partition coefficient (Wildman–Crippen LogP) is 3.19. The molecule has 1 aliphatic heterocycles. The van der Waals surface area contributed by atoms with E-state index in [1.807, 2.05) is 15.7 Å². The third-order valence-corrected chi connectivity index (χ3v) is 5.65. The van der Waals surface area contributed by atoms with Crippen molar-refractivity contribution in [2.24, 2.45) is 5.92 Å². The summed E-state index contributed by atoms with van der Waals surface area (Å²) in [6, 6.07) is 0.454. The van der Waals surface area contributed by atoms with E-state index >= 15 is 0 Å². The van der Waals surface area contributed by atoms with Crippen LogP contribution in [0.4, 0.5) is 0 Å². The fourth-order valence-electron chi connectivity index (χ4n) is 4.13. The number of likely N-dealkylation sites (tertiary alicyclic amines) is 1. The van der Waals surface area contributed by atoms with Crippen molar-refractivity contribution in [1.29, 1.82) is 0 Å². The Morgan fingerprint density at radius 3 is 2.81 bits per heavy atom. The quantitative estimate of drug-likeness (QED) is 0.762. The molecule has 5 nitrogen and oxygen atoms in total. The summed E-state index contributed by atoms with van der Waals surface area (Å²) in [6.45, 7) is 11.8. The zero-order valence-electron chi connectivity index (χ0n) is 16.5. The average Bonchev–Trinajstić information content (AvgIpc) is 3.00. The van der Waals surface area contributed by atoms with Gasteiger partial charge in [-0.2, -0.15) is 5.10 Å². The highest BCUT2D eigenvalue weighted by atomic mass is 16.2. The van der Waals surface area contributed by atoms with Crippen LogP contribution in [0.3, 0.4) is 0 Å². The van der Waals surface area contributed by atoms with Gasteiger partial charge in [0.05, 0.1) is 6.54 Å². The first-order valence-corrected chi connectivity index (χ1v) is 10.3. The van der Waals surface area contributed by atoms with E-state index in [1.54, 1.807) is 0 Å². The molecule has 0 radical (unpaired) electrons. The number of allylic oxidation sites excluding steroid dienone is 1. The molecule has 1 aliphatic carbocycles. The number of hydrogen-bond donors (Lipinski definition) is 1. The summed E-state index contributed by atoms with van der Waals surface area (Å²) in [6.07, 6.45) is 9.54. The second kappa shape index (κ2) is 8.85. The number of carbonyl (C=O) groups is 1. The molecule has 1 unspecified atom stereocenters. The maximum absolute atomic E-state index is 13.1. The Labute approximate surface area is 157 Å². The van der Waals surface area contributed by atoms with E-state index in [0.717, 1.165) is 51.7 Å². The lowest BCUT2D eigenvalue weighted by Gasteiger charge is -2.28. The van der Waals surface area contributed by atoms with Gasteiger partial charge < -0.3 is 10.2 Å². The van der Waals surface area contributed by atoms with Crippen molar-refractivity contribution in [2.45, 2.75) is 71.4 Å². The Morgan fingerprint density at radius 1 is 1.35 bits per heavy atom.